The Morgan fingerprint density at radius 1 is 0.594 bits per heavy atom. The molecular formula is C22H18N2O8. The number of hydrogen-bond acceptors (Lipinski definition) is 8. The minimum atomic E-state index is -0.419. The van der Waals surface area contributed by atoms with E-state index in [1.807, 2.05) is 0 Å². The minimum absolute atomic E-state index is 0.0421. The Morgan fingerprint density at radius 2 is 0.969 bits per heavy atom. The van der Waals surface area contributed by atoms with Crippen LogP contribution < -0.4 is 10.6 Å². The Hall–Kier alpha value is -4.60. The summed E-state index contributed by atoms with van der Waals surface area (Å²) in [6, 6.07) is 8.35. The second-order valence-electron chi connectivity index (χ2n) is 6.94. The van der Waals surface area contributed by atoms with Crippen molar-refractivity contribution < 1.29 is 39.6 Å². The van der Waals surface area contributed by atoms with Crippen molar-refractivity contribution in [2.75, 3.05) is 0 Å². The third kappa shape index (κ3) is 5.30. The van der Waals surface area contributed by atoms with E-state index in [-0.39, 0.29) is 47.7 Å². The molecule has 2 aromatic rings. The van der Waals surface area contributed by atoms with Crippen LogP contribution in [-0.4, -0.2) is 44.1 Å². The predicted octanol–water partition coefficient (Wildman–Crippen LogP) is 1.06. The topological polar surface area (TPSA) is 173 Å². The lowest BCUT2D eigenvalue weighted by molar-refractivity contribution is -0.125. The molecule has 0 bridgehead atoms. The largest absolute Gasteiger partial charge is 0.504 e. The lowest BCUT2D eigenvalue weighted by atomic mass is 10.1. The van der Waals surface area contributed by atoms with Gasteiger partial charge in [-0.25, -0.2) is 0 Å². The number of phenols is 4. The number of carbonyl (C=O) groups excluding carboxylic acids is 4. The molecule has 2 aromatic carbocycles. The molecule has 164 valence electrons. The smallest absolute Gasteiger partial charge is 0.254 e. The van der Waals surface area contributed by atoms with Gasteiger partial charge in [-0.05, 0) is 47.5 Å². The van der Waals surface area contributed by atoms with Crippen molar-refractivity contribution in [2.45, 2.75) is 12.8 Å². The highest BCUT2D eigenvalue weighted by molar-refractivity contribution is 6.16. The Balaban J connectivity index is 0.000000181. The van der Waals surface area contributed by atoms with Crippen LogP contribution in [0.2, 0.25) is 0 Å². The summed E-state index contributed by atoms with van der Waals surface area (Å²) in [6.07, 6.45) is 3.08. The Kier molecular flexibility index (Phi) is 6.24. The summed E-state index contributed by atoms with van der Waals surface area (Å²) in [5.41, 5.74) is 1.79. The Labute approximate surface area is 181 Å². The summed E-state index contributed by atoms with van der Waals surface area (Å²) in [7, 11) is 0. The van der Waals surface area contributed by atoms with Crippen molar-refractivity contribution >= 4 is 35.8 Å². The van der Waals surface area contributed by atoms with Gasteiger partial charge in [-0.3, -0.25) is 29.8 Å². The first-order valence-corrected chi connectivity index (χ1v) is 9.26. The molecule has 10 nitrogen and oxygen atoms in total. The van der Waals surface area contributed by atoms with E-state index in [4.69, 9.17) is 10.2 Å². The standard InChI is InChI=1S/2C11H9NO4/c2*13-8-2-1-6(4-9(8)14)3-7-5-10(15)12-11(7)16/h2*1-4,13-14H,5H2,(H,12,15,16)/b2*7-3+. The van der Waals surface area contributed by atoms with Crippen LogP contribution in [0.25, 0.3) is 12.2 Å². The van der Waals surface area contributed by atoms with Gasteiger partial charge < -0.3 is 20.4 Å². The van der Waals surface area contributed by atoms with Gasteiger partial charge in [0, 0.05) is 11.1 Å². The molecule has 0 radical (unpaired) electrons. The number of nitrogens with one attached hydrogen (secondary N) is 2. The van der Waals surface area contributed by atoms with E-state index in [9.17, 15) is 29.4 Å². The fourth-order valence-electron chi connectivity index (χ4n) is 2.90. The lowest BCUT2D eigenvalue weighted by Gasteiger charge is -1.99. The van der Waals surface area contributed by atoms with E-state index in [0.29, 0.717) is 22.3 Å². The average molecular weight is 438 g/mol. The SMILES string of the molecule is O=C1C/C(=C\c2ccc(O)c(O)c2)C(=O)N1.O=C1C/C(=C\c2ccc(O)c(O)c2)C(=O)N1. The molecule has 2 aliphatic heterocycles. The summed E-state index contributed by atoms with van der Waals surface area (Å²) in [4.78, 5) is 44.3. The fraction of sp³-hybridized carbons (Fsp3) is 0.0909. The van der Waals surface area contributed by atoms with E-state index in [1.54, 1.807) is 0 Å². The first-order chi connectivity index (χ1) is 15.1. The number of amides is 4. The van der Waals surface area contributed by atoms with Crippen LogP contribution in [0.4, 0.5) is 0 Å². The highest BCUT2D eigenvalue weighted by Crippen LogP contribution is 2.27. The van der Waals surface area contributed by atoms with Gasteiger partial charge in [-0.15, -0.1) is 0 Å². The maximum absolute atomic E-state index is 11.2. The second-order valence-corrected chi connectivity index (χ2v) is 6.94. The van der Waals surface area contributed by atoms with Gasteiger partial charge in [-0.2, -0.15) is 0 Å². The highest BCUT2D eigenvalue weighted by atomic mass is 16.3. The molecule has 0 aromatic heterocycles. The molecule has 2 heterocycles. The molecule has 0 aliphatic carbocycles. The number of hydrogen-bond donors (Lipinski definition) is 6. The number of phenolic OH excluding ortho intramolecular Hbond substituents is 4. The molecule has 0 unspecified atom stereocenters. The summed E-state index contributed by atoms with van der Waals surface area (Å²) >= 11 is 0. The summed E-state index contributed by atoms with van der Waals surface area (Å²) in [5.74, 6) is -2.49. The van der Waals surface area contributed by atoms with Crippen molar-refractivity contribution in [2.24, 2.45) is 0 Å². The van der Waals surface area contributed by atoms with E-state index in [1.165, 1.54) is 48.6 Å². The third-order valence-electron chi connectivity index (χ3n) is 4.47. The van der Waals surface area contributed by atoms with Gasteiger partial charge in [-0.1, -0.05) is 12.1 Å². The molecule has 2 aliphatic rings. The zero-order chi connectivity index (χ0) is 23.4. The van der Waals surface area contributed by atoms with Crippen LogP contribution in [0.3, 0.4) is 0 Å². The van der Waals surface area contributed by atoms with Gasteiger partial charge in [0.05, 0.1) is 12.8 Å². The van der Waals surface area contributed by atoms with Gasteiger partial charge >= 0.3 is 0 Å². The Morgan fingerprint density at radius 3 is 1.25 bits per heavy atom. The molecule has 0 saturated carbocycles. The minimum Gasteiger partial charge on any atom is -0.504 e. The van der Waals surface area contributed by atoms with Crippen molar-refractivity contribution in [3.8, 4) is 23.0 Å². The van der Waals surface area contributed by atoms with Crippen molar-refractivity contribution in [3.63, 3.8) is 0 Å². The van der Waals surface area contributed by atoms with E-state index in [2.05, 4.69) is 10.6 Å². The van der Waals surface area contributed by atoms with Crippen LogP contribution in [0, 0.1) is 0 Å². The molecule has 4 rings (SSSR count). The summed E-state index contributed by atoms with van der Waals surface area (Å²) < 4.78 is 0. The number of imide groups is 2. The first kappa shape index (κ1) is 22.1. The van der Waals surface area contributed by atoms with E-state index >= 15 is 0 Å². The summed E-state index contributed by atoms with van der Waals surface area (Å²) in [6.45, 7) is 0. The lowest BCUT2D eigenvalue weighted by Crippen LogP contribution is -2.19. The van der Waals surface area contributed by atoms with Gasteiger partial charge in [0.2, 0.25) is 11.8 Å². The monoisotopic (exact) mass is 438 g/mol. The van der Waals surface area contributed by atoms with Crippen LogP contribution in [0.1, 0.15) is 24.0 Å². The van der Waals surface area contributed by atoms with Crippen LogP contribution in [-0.2, 0) is 19.2 Å². The molecule has 2 saturated heterocycles. The molecule has 0 atom stereocenters. The molecule has 32 heavy (non-hydrogen) atoms. The van der Waals surface area contributed by atoms with Crippen molar-refractivity contribution in [1.29, 1.82) is 0 Å². The molecular weight excluding hydrogens is 420 g/mol. The van der Waals surface area contributed by atoms with Crippen LogP contribution in [0.5, 0.6) is 23.0 Å². The van der Waals surface area contributed by atoms with Crippen molar-refractivity contribution in [3.05, 3.63) is 58.7 Å². The number of rotatable bonds is 2. The maximum atomic E-state index is 11.2. The Bertz CT molecular complexity index is 1100. The zero-order valence-electron chi connectivity index (χ0n) is 16.5. The first-order valence-electron chi connectivity index (χ1n) is 9.26. The zero-order valence-corrected chi connectivity index (χ0v) is 16.5. The molecule has 2 fully saturated rings. The molecule has 6 N–H and O–H groups in total. The quantitative estimate of drug-likeness (QED) is 0.229. The van der Waals surface area contributed by atoms with Gasteiger partial charge in [0.1, 0.15) is 0 Å². The fourth-order valence-corrected chi connectivity index (χ4v) is 2.90. The predicted molar refractivity (Wildman–Crippen MR) is 111 cm³/mol. The van der Waals surface area contributed by atoms with E-state index < -0.39 is 11.8 Å². The third-order valence-corrected chi connectivity index (χ3v) is 4.47. The maximum Gasteiger partial charge on any atom is 0.254 e. The molecule has 10 heteroatoms. The summed E-state index contributed by atoms with van der Waals surface area (Å²) in [5, 5.41) is 41.0. The normalized spacial score (nSPS) is 17.9. The van der Waals surface area contributed by atoms with E-state index in [0.717, 1.165) is 0 Å². The number of aromatic hydroxyl groups is 4. The van der Waals surface area contributed by atoms with Crippen LogP contribution >= 0.6 is 0 Å². The molecule has 0 spiro atoms. The van der Waals surface area contributed by atoms with Gasteiger partial charge in [0.15, 0.2) is 23.0 Å². The van der Waals surface area contributed by atoms with Crippen molar-refractivity contribution in [1.82, 2.24) is 10.6 Å². The van der Waals surface area contributed by atoms with Gasteiger partial charge in [0.25, 0.3) is 11.8 Å². The molecule has 4 amide bonds. The number of carbonyl (C=O) groups is 4. The highest BCUT2D eigenvalue weighted by Gasteiger charge is 2.24. The number of benzene rings is 2. The second kappa shape index (κ2) is 9.04. The average Bonchev–Trinajstić information content (AvgIpc) is 3.21. The van der Waals surface area contributed by atoms with Crippen LogP contribution in [0.15, 0.2) is 47.5 Å².